The highest BCUT2D eigenvalue weighted by Gasteiger charge is 2.34. The van der Waals surface area contributed by atoms with Crippen LogP contribution in [0.4, 0.5) is 5.69 Å². The summed E-state index contributed by atoms with van der Waals surface area (Å²) in [6.45, 7) is 4.85. The van der Waals surface area contributed by atoms with Crippen molar-refractivity contribution >= 4 is 48.0 Å². The van der Waals surface area contributed by atoms with Gasteiger partial charge in [-0.25, -0.2) is 0 Å². The van der Waals surface area contributed by atoms with Gasteiger partial charge in [-0.3, -0.25) is 4.79 Å². The van der Waals surface area contributed by atoms with Crippen molar-refractivity contribution in [3.05, 3.63) is 23.2 Å². The summed E-state index contributed by atoms with van der Waals surface area (Å²) in [5, 5.41) is 3.84. The average Bonchev–Trinajstić information content (AvgIpc) is 2.91. The van der Waals surface area contributed by atoms with Crippen molar-refractivity contribution in [3.8, 4) is 5.75 Å². The number of rotatable bonds is 6. The Morgan fingerprint density at radius 1 is 1.46 bits per heavy atom. The average molecular weight is 399 g/mol. The number of carbonyl (C=O) groups excluding carboxylic acids is 1. The standard InChI is InChI=1S/C16H24ClN3O2.2ClH/c1-16(10-18)6-8-20(11-16)15(21)5-7-19-13-9-12(17)3-4-14(13)22-2;;/h3-4,9,19H,5-8,10-11,18H2,1-2H3;2*1H. The molecule has 0 saturated carbocycles. The number of likely N-dealkylation sites (tertiary alicyclic amines) is 1. The number of anilines is 1. The quantitative estimate of drug-likeness (QED) is 0.772. The summed E-state index contributed by atoms with van der Waals surface area (Å²) in [4.78, 5) is 14.2. The highest BCUT2D eigenvalue weighted by atomic mass is 35.5. The molecule has 2 rings (SSSR count). The topological polar surface area (TPSA) is 67.6 Å². The number of benzene rings is 1. The first-order chi connectivity index (χ1) is 10.5. The van der Waals surface area contributed by atoms with E-state index in [9.17, 15) is 4.79 Å². The van der Waals surface area contributed by atoms with Crippen LogP contribution in [0.1, 0.15) is 19.8 Å². The van der Waals surface area contributed by atoms with Crippen LogP contribution in [0.25, 0.3) is 0 Å². The Kier molecular flexibility index (Phi) is 9.81. The van der Waals surface area contributed by atoms with Crippen LogP contribution in [0.2, 0.25) is 5.02 Å². The molecular weight excluding hydrogens is 373 g/mol. The van der Waals surface area contributed by atoms with Crippen molar-refractivity contribution in [2.45, 2.75) is 19.8 Å². The van der Waals surface area contributed by atoms with Gasteiger partial charge < -0.3 is 20.7 Å². The van der Waals surface area contributed by atoms with E-state index in [2.05, 4.69) is 12.2 Å². The summed E-state index contributed by atoms with van der Waals surface area (Å²) in [5.74, 6) is 0.874. The lowest BCUT2D eigenvalue weighted by molar-refractivity contribution is -0.130. The summed E-state index contributed by atoms with van der Waals surface area (Å²) < 4.78 is 5.27. The Balaban J connectivity index is 0.00000264. The molecule has 138 valence electrons. The molecule has 1 aliphatic rings. The molecule has 0 bridgehead atoms. The van der Waals surface area contributed by atoms with Gasteiger partial charge >= 0.3 is 0 Å². The van der Waals surface area contributed by atoms with Crippen molar-refractivity contribution in [1.29, 1.82) is 0 Å². The van der Waals surface area contributed by atoms with E-state index in [-0.39, 0.29) is 36.1 Å². The molecule has 5 nitrogen and oxygen atoms in total. The smallest absolute Gasteiger partial charge is 0.224 e. The summed E-state index contributed by atoms with van der Waals surface area (Å²) >= 11 is 5.98. The Bertz CT molecular complexity index is 545. The highest BCUT2D eigenvalue weighted by Crippen LogP contribution is 2.29. The zero-order valence-electron chi connectivity index (χ0n) is 14.0. The third-order valence-corrected chi connectivity index (χ3v) is 4.45. The fourth-order valence-corrected chi connectivity index (χ4v) is 2.86. The maximum absolute atomic E-state index is 12.2. The number of nitrogens with two attached hydrogens (primary N) is 1. The number of halogens is 3. The van der Waals surface area contributed by atoms with Crippen molar-refractivity contribution in [1.82, 2.24) is 4.90 Å². The lowest BCUT2D eigenvalue weighted by atomic mass is 9.90. The molecule has 0 aromatic heterocycles. The fraction of sp³-hybridized carbons (Fsp3) is 0.562. The summed E-state index contributed by atoms with van der Waals surface area (Å²) in [5.41, 5.74) is 6.65. The zero-order chi connectivity index (χ0) is 16.2. The van der Waals surface area contributed by atoms with Gasteiger partial charge in [-0.1, -0.05) is 18.5 Å². The molecule has 1 atom stereocenters. The normalized spacial score (nSPS) is 19.2. The van der Waals surface area contributed by atoms with Gasteiger partial charge in [0.15, 0.2) is 0 Å². The molecule has 0 radical (unpaired) electrons. The van der Waals surface area contributed by atoms with Gasteiger partial charge in [0.2, 0.25) is 5.91 Å². The third-order valence-electron chi connectivity index (χ3n) is 4.22. The van der Waals surface area contributed by atoms with Crippen LogP contribution in [0.15, 0.2) is 18.2 Å². The number of methoxy groups -OCH3 is 1. The number of ether oxygens (including phenoxy) is 1. The molecule has 1 aromatic rings. The van der Waals surface area contributed by atoms with Gasteiger partial charge in [-0.15, -0.1) is 24.8 Å². The monoisotopic (exact) mass is 397 g/mol. The predicted molar refractivity (Wildman–Crippen MR) is 104 cm³/mol. The second-order valence-electron chi connectivity index (χ2n) is 6.10. The third kappa shape index (κ3) is 5.88. The highest BCUT2D eigenvalue weighted by molar-refractivity contribution is 6.30. The minimum absolute atomic E-state index is 0. The van der Waals surface area contributed by atoms with E-state index < -0.39 is 0 Å². The second-order valence-corrected chi connectivity index (χ2v) is 6.54. The molecule has 1 unspecified atom stereocenters. The molecule has 1 fully saturated rings. The van der Waals surface area contributed by atoms with Crippen LogP contribution < -0.4 is 15.8 Å². The van der Waals surface area contributed by atoms with Gasteiger partial charge in [0.25, 0.3) is 0 Å². The van der Waals surface area contributed by atoms with Crippen molar-refractivity contribution in [3.63, 3.8) is 0 Å². The molecular formula is C16H26Cl3N3O2. The molecule has 3 N–H and O–H groups in total. The molecule has 0 spiro atoms. The maximum Gasteiger partial charge on any atom is 0.224 e. The van der Waals surface area contributed by atoms with Gasteiger partial charge in [0.1, 0.15) is 5.75 Å². The first kappa shape index (κ1) is 23.1. The van der Waals surface area contributed by atoms with E-state index in [1.165, 1.54) is 0 Å². The lowest BCUT2D eigenvalue weighted by Crippen LogP contribution is -2.35. The van der Waals surface area contributed by atoms with Gasteiger partial charge in [0, 0.05) is 31.1 Å². The molecule has 1 heterocycles. The number of hydrogen-bond acceptors (Lipinski definition) is 4. The zero-order valence-corrected chi connectivity index (χ0v) is 16.4. The molecule has 1 aliphatic heterocycles. The molecule has 0 aliphatic carbocycles. The fourth-order valence-electron chi connectivity index (χ4n) is 2.68. The molecule has 1 saturated heterocycles. The van der Waals surface area contributed by atoms with Crippen LogP contribution in [-0.4, -0.2) is 44.1 Å². The Labute approximate surface area is 161 Å². The van der Waals surface area contributed by atoms with E-state index in [4.69, 9.17) is 22.1 Å². The van der Waals surface area contributed by atoms with Gasteiger partial charge in [0.05, 0.1) is 12.8 Å². The van der Waals surface area contributed by atoms with E-state index in [0.717, 1.165) is 25.2 Å². The number of nitrogens with one attached hydrogen (secondary N) is 1. The second kappa shape index (κ2) is 10.2. The van der Waals surface area contributed by atoms with Crippen molar-refractivity contribution < 1.29 is 9.53 Å². The molecule has 8 heteroatoms. The van der Waals surface area contributed by atoms with Crippen molar-refractivity contribution in [2.24, 2.45) is 11.1 Å². The van der Waals surface area contributed by atoms with Gasteiger partial charge in [-0.05, 0) is 36.6 Å². The first-order valence-electron chi connectivity index (χ1n) is 7.53. The van der Waals surface area contributed by atoms with Crippen molar-refractivity contribution in [2.75, 3.05) is 38.6 Å². The van der Waals surface area contributed by atoms with Crippen LogP contribution in [-0.2, 0) is 4.79 Å². The summed E-state index contributed by atoms with van der Waals surface area (Å²) in [6.07, 6.45) is 1.42. The minimum atomic E-state index is 0. The number of nitrogens with zero attached hydrogens (tertiary/aromatic N) is 1. The Hall–Kier alpha value is -0.880. The molecule has 1 amide bonds. The van der Waals surface area contributed by atoms with E-state index in [1.807, 2.05) is 4.90 Å². The predicted octanol–water partition coefficient (Wildman–Crippen LogP) is 3.19. The van der Waals surface area contributed by atoms with Crippen LogP contribution in [0.3, 0.4) is 0 Å². The number of carbonyl (C=O) groups is 1. The van der Waals surface area contributed by atoms with E-state index in [0.29, 0.717) is 30.3 Å². The van der Waals surface area contributed by atoms with Gasteiger partial charge in [-0.2, -0.15) is 0 Å². The minimum Gasteiger partial charge on any atom is -0.495 e. The summed E-state index contributed by atoms with van der Waals surface area (Å²) in [7, 11) is 1.61. The SMILES string of the molecule is COc1ccc(Cl)cc1NCCC(=O)N1CCC(C)(CN)C1.Cl.Cl. The maximum atomic E-state index is 12.2. The van der Waals surface area contributed by atoms with Crippen LogP contribution in [0, 0.1) is 5.41 Å². The number of amides is 1. The van der Waals surface area contributed by atoms with E-state index >= 15 is 0 Å². The largest absolute Gasteiger partial charge is 0.495 e. The summed E-state index contributed by atoms with van der Waals surface area (Å²) in [6, 6.07) is 5.38. The number of hydrogen-bond donors (Lipinski definition) is 2. The molecule has 24 heavy (non-hydrogen) atoms. The van der Waals surface area contributed by atoms with Crippen LogP contribution >= 0.6 is 36.4 Å². The lowest BCUT2D eigenvalue weighted by Gasteiger charge is -2.22. The Morgan fingerprint density at radius 3 is 2.75 bits per heavy atom. The van der Waals surface area contributed by atoms with Crippen LogP contribution in [0.5, 0.6) is 5.75 Å². The first-order valence-corrected chi connectivity index (χ1v) is 7.90. The molecule has 1 aromatic carbocycles. The Morgan fingerprint density at radius 2 is 2.17 bits per heavy atom. The van der Waals surface area contributed by atoms with E-state index in [1.54, 1.807) is 25.3 Å².